The van der Waals surface area contributed by atoms with E-state index in [9.17, 15) is 4.39 Å². The van der Waals surface area contributed by atoms with Crippen molar-refractivity contribution >= 4 is 33.7 Å². The lowest BCUT2D eigenvalue weighted by atomic mass is 9.87. The number of hydrogen-bond donors (Lipinski definition) is 1. The minimum atomic E-state index is -0.336. The summed E-state index contributed by atoms with van der Waals surface area (Å²) in [5.74, 6) is -0.336. The van der Waals surface area contributed by atoms with Gasteiger partial charge in [-0.15, -0.1) is 0 Å². The molecule has 4 heteroatoms. The van der Waals surface area contributed by atoms with Gasteiger partial charge in [-0.2, -0.15) is 5.10 Å². The highest BCUT2D eigenvalue weighted by Crippen LogP contribution is 2.39. The lowest BCUT2D eigenvalue weighted by molar-refractivity contribution is 0.628. The summed E-state index contributed by atoms with van der Waals surface area (Å²) in [7, 11) is 0. The molecule has 1 heterocycles. The molecule has 0 aliphatic rings. The first-order chi connectivity index (χ1) is 13.2. The summed E-state index contributed by atoms with van der Waals surface area (Å²) in [4.78, 5) is 0. The van der Waals surface area contributed by atoms with Crippen molar-refractivity contribution in [2.75, 3.05) is 0 Å². The molecule has 3 aromatic carbocycles. The summed E-state index contributed by atoms with van der Waals surface area (Å²) in [6.45, 7) is 2.09. The highest BCUT2D eigenvalue weighted by molar-refractivity contribution is 6.32. The third kappa shape index (κ3) is 3.26. The third-order valence-electron chi connectivity index (χ3n) is 4.73. The van der Waals surface area contributed by atoms with Crippen LogP contribution in [0.4, 0.5) is 4.39 Å². The van der Waals surface area contributed by atoms with Crippen LogP contribution in [0.25, 0.3) is 22.0 Å². The van der Waals surface area contributed by atoms with Crippen LogP contribution < -0.4 is 0 Å². The van der Waals surface area contributed by atoms with Gasteiger partial charge in [-0.05, 0) is 52.5 Å². The van der Waals surface area contributed by atoms with Gasteiger partial charge in [0, 0.05) is 5.39 Å². The van der Waals surface area contributed by atoms with E-state index in [0.717, 1.165) is 45.2 Å². The number of benzene rings is 3. The lowest BCUT2D eigenvalue weighted by Crippen LogP contribution is -1.96. The summed E-state index contributed by atoms with van der Waals surface area (Å²) >= 11 is 6.43. The van der Waals surface area contributed by atoms with E-state index in [2.05, 4.69) is 35.3 Å². The van der Waals surface area contributed by atoms with Crippen LogP contribution in [0.2, 0.25) is 5.02 Å². The normalized spacial score (nSPS) is 12.3. The Bertz CT molecular complexity index is 1130. The van der Waals surface area contributed by atoms with Gasteiger partial charge >= 0.3 is 0 Å². The Morgan fingerprint density at radius 2 is 1.81 bits per heavy atom. The predicted octanol–water partition coefficient (Wildman–Crippen LogP) is 6.72. The van der Waals surface area contributed by atoms with E-state index in [0.29, 0.717) is 5.02 Å². The SMILES string of the molecule is CC/C(=C(/c1ccccc1)c1cccc2[nH]ncc12)c1ccc(F)cc1Cl. The van der Waals surface area contributed by atoms with E-state index in [1.54, 1.807) is 6.07 Å². The molecule has 0 amide bonds. The Kier molecular flexibility index (Phi) is 4.78. The van der Waals surface area contributed by atoms with Crippen molar-refractivity contribution in [3.05, 3.63) is 100 Å². The molecule has 4 rings (SSSR count). The number of halogens is 2. The van der Waals surface area contributed by atoms with Gasteiger partial charge in [0.1, 0.15) is 5.82 Å². The average molecular weight is 377 g/mol. The zero-order valence-electron chi connectivity index (χ0n) is 14.8. The summed E-state index contributed by atoms with van der Waals surface area (Å²) < 4.78 is 13.6. The van der Waals surface area contributed by atoms with Crippen LogP contribution in [0, 0.1) is 5.82 Å². The van der Waals surface area contributed by atoms with Crippen molar-refractivity contribution in [3.63, 3.8) is 0 Å². The van der Waals surface area contributed by atoms with Crippen molar-refractivity contribution in [3.8, 4) is 0 Å². The monoisotopic (exact) mass is 376 g/mol. The van der Waals surface area contributed by atoms with Crippen LogP contribution in [0.1, 0.15) is 30.0 Å². The molecule has 0 saturated heterocycles. The molecule has 0 bridgehead atoms. The van der Waals surface area contributed by atoms with Crippen molar-refractivity contribution in [2.45, 2.75) is 13.3 Å². The Balaban J connectivity index is 2.08. The maximum absolute atomic E-state index is 13.6. The Labute approximate surface area is 162 Å². The van der Waals surface area contributed by atoms with E-state index in [4.69, 9.17) is 11.6 Å². The number of allylic oxidation sites excluding steroid dienone is 1. The summed E-state index contributed by atoms with van der Waals surface area (Å²) in [6, 6.07) is 20.9. The molecule has 0 atom stereocenters. The maximum Gasteiger partial charge on any atom is 0.124 e. The van der Waals surface area contributed by atoms with Gasteiger partial charge < -0.3 is 0 Å². The number of aromatic nitrogens is 2. The van der Waals surface area contributed by atoms with E-state index in [1.165, 1.54) is 12.1 Å². The van der Waals surface area contributed by atoms with Crippen molar-refractivity contribution in [1.82, 2.24) is 10.2 Å². The first kappa shape index (κ1) is 17.5. The minimum Gasteiger partial charge on any atom is -0.278 e. The van der Waals surface area contributed by atoms with E-state index >= 15 is 0 Å². The molecule has 1 aromatic heterocycles. The Morgan fingerprint density at radius 3 is 2.56 bits per heavy atom. The molecule has 0 fully saturated rings. The van der Waals surface area contributed by atoms with Crippen molar-refractivity contribution in [1.29, 1.82) is 0 Å². The predicted molar refractivity (Wildman–Crippen MR) is 110 cm³/mol. The van der Waals surface area contributed by atoms with Gasteiger partial charge in [0.15, 0.2) is 0 Å². The number of rotatable bonds is 4. The van der Waals surface area contributed by atoms with E-state index in [-0.39, 0.29) is 5.82 Å². The average Bonchev–Trinajstić information content (AvgIpc) is 3.17. The second kappa shape index (κ2) is 7.37. The van der Waals surface area contributed by atoms with Gasteiger partial charge in [-0.3, -0.25) is 5.10 Å². The first-order valence-electron chi connectivity index (χ1n) is 8.85. The number of nitrogens with zero attached hydrogens (tertiary/aromatic N) is 1. The first-order valence-corrected chi connectivity index (χ1v) is 9.23. The van der Waals surface area contributed by atoms with Crippen LogP contribution in [0.15, 0.2) is 72.9 Å². The molecule has 1 N–H and O–H groups in total. The fourth-order valence-corrected chi connectivity index (χ4v) is 3.80. The topological polar surface area (TPSA) is 28.7 Å². The van der Waals surface area contributed by atoms with Gasteiger partial charge in [-0.25, -0.2) is 4.39 Å². The molecular formula is C23H18ClFN2. The molecule has 4 aromatic rings. The van der Waals surface area contributed by atoms with Crippen molar-refractivity contribution in [2.24, 2.45) is 0 Å². The molecule has 134 valence electrons. The van der Waals surface area contributed by atoms with E-state index < -0.39 is 0 Å². The van der Waals surface area contributed by atoms with Crippen LogP contribution in [-0.2, 0) is 0 Å². The Hall–Kier alpha value is -2.91. The molecular weight excluding hydrogens is 359 g/mol. The van der Waals surface area contributed by atoms with Gasteiger partial charge in [0.05, 0.1) is 16.7 Å². The second-order valence-electron chi connectivity index (χ2n) is 6.33. The quantitative estimate of drug-likeness (QED) is 0.393. The molecule has 0 saturated carbocycles. The van der Waals surface area contributed by atoms with Gasteiger partial charge in [0.2, 0.25) is 0 Å². The number of hydrogen-bond acceptors (Lipinski definition) is 1. The number of H-pyrrole nitrogens is 1. The Morgan fingerprint density at radius 1 is 1.00 bits per heavy atom. The summed E-state index contributed by atoms with van der Waals surface area (Å²) in [5, 5.41) is 8.69. The summed E-state index contributed by atoms with van der Waals surface area (Å²) in [5.41, 5.74) is 6.13. The molecule has 0 unspecified atom stereocenters. The third-order valence-corrected chi connectivity index (χ3v) is 5.04. The number of aromatic amines is 1. The van der Waals surface area contributed by atoms with E-state index in [1.807, 2.05) is 36.5 Å². The molecule has 0 aliphatic heterocycles. The van der Waals surface area contributed by atoms with Crippen molar-refractivity contribution < 1.29 is 4.39 Å². The molecule has 0 radical (unpaired) electrons. The highest BCUT2D eigenvalue weighted by Gasteiger charge is 2.17. The maximum atomic E-state index is 13.6. The van der Waals surface area contributed by atoms with Crippen LogP contribution >= 0.6 is 11.6 Å². The second-order valence-corrected chi connectivity index (χ2v) is 6.74. The largest absolute Gasteiger partial charge is 0.278 e. The molecule has 2 nitrogen and oxygen atoms in total. The fourth-order valence-electron chi connectivity index (χ4n) is 3.52. The van der Waals surface area contributed by atoms with Crippen LogP contribution in [0.5, 0.6) is 0 Å². The van der Waals surface area contributed by atoms with Crippen LogP contribution in [-0.4, -0.2) is 10.2 Å². The molecule has 27 heavy (non-hydrogen) atoms. The standard InChI is InChI=1S/C23H18ClFN2/c1-2-17(18-12-11-16(25)13-21(18)24)23(15-7-4-3-5-8-15)19-9-6-10-22-20(19)14-26-27-22/h3-14H,2H2,1H3,(H,26,27)/b23-17+. The zero-order valence-corrected chi connectivity index (χ0v) is 15.6. The smallest absolute Gasteiger partial charge is 0.124 e. The minimum absolute atomic E-state index is 0.336. The van der Waals surface area contributed by atoms with Gasteiger partial charge in [0.25, 0.3) is 0 Å². The molecule has 0 aliphatic carbocycles. The number of nitrogens with one attached hydrogen (secondary N) is 1. The summed E-state index contributed by atoms with van der Waals surface area (Å²) in [6.07, 6.45) is 2.59. The molecule has 0 spiro atoms. The number of fused-ring (bicyclic) bond motifs is 1. The fraction of sp³-hybridized carbons (Fsp3) is 0.0870. The van der Waals surface area contributed by atoms with Crippen LogP contribution in [0.3, 0.4) is 0 Å². The lowest BCUT2D eigenvalue weighted by Gasteiger charge is -2.18. The highest BCUT2D eigenvalue weighted by atomic mass is 35.5. The zero-order chi connectivity index (χ0) is 18.8. The van der Waals surface area contributed by atoms with Gasteiger partial charge in [-0.1, -0.05) is 67.1 Å².